The Bertz CT molecular complexity index is 395. The van der Waals surface area contributed by atoms with Gasteiger partial charge in [-0.2, -0.15) is 9.98 Å². The number of unbranched alkanes of at least 4 members (excludes halogenated alkanes) is 18. The van der Waals surface area contributed by atoms with Gasteiger partial charge < -0.3 is 0 Å². The number of hydrogen-bond acceptors (Lipinski definition) is 4. The summed E-state index contributed by atoms with van der Waals surface area (Å²) in [6, 6.07) is 0. The van der Waals surface area contributed by atoms with E-state index in [1.54, 1.807) is 0 Å². The normalized spacial score (nSPS) is 11.6. The first-order valence-corrected chi connectivity index (χ1v) is 12.0. The van der Waals surface area contributed by atoms with Crippen LogP contribution in [0, 0.1) is 0 Å². The van der Waals surface area contributed by atoms with E-state index in [9.17, 15) is 9.59 Å². The summed E-state index contributed by atoms with van der Waals surface area (Å²) in [5.74, 6) is 0. The molecule has 0 atom stereocenters. The molecule has 4 nitrogen and oxygen atoms in total. The van der Waals surface area contributed by atoms with Crippen molar-refractivity contribution in [3.05, 3.63) is 0 Å². The smallest absolute Gasteiger partial charge is 0.211 e. The van der Waals surface area contributed by atoms with Crippen molar-refractivity contribution in [2.45, 2.75) is 142 Å². The molecule has 0 unspecified atom stereocenters. The van der Waals surface area contributed by atoms with Gasteiger partial charge in [-0.3, -0.25) is 0 Å². The molecule has 0 aliphatic heterocycles. The van der Waals surface area contributed by atoms with Gasteiger partial charge in [0.1, 0.15) is 0 Å². The van der Waals surface area contributed by atoms with Crippen molar-refractivity contribution < 1.29 is 9.59 Å². The van der Waals surface area contributed by atoms with E-state index in [2.05, 4.69) is 16.9 Å². The molecule has 162 valence electrons. The lowest BCUT2D eigenvalue weighted by Crippen LogP contribution is -1.99. The average Bonchev–Trinajstić information content (AvgIpc) is 2.70. The molecule has 0 aliphatic carbocycles. The fourth-order valence-corrected chi connectivity index (χ4v) is 3.68. The zero-order valence-electron chi connectivity index (χ0n) is 18.4. The Morgan fingerprint density at radius 3 is 1.07 bits per heavy atom. The number of nitrogens with zero attached hydrogens (tertiary/aromatic N) is 2. The van der Waals surface area contributed by atoms with Crippen molar-refractivity contribution in [1.29, 1.82) is 0 Å². The molecule has 0 bridgehead atoms. The fourth-order valence-electron chi connectivity index (χ4n) is 3.68. The maximum absolute atomic E-state index is 10.2. The summed E-state index contributed by atoms with van der Waals surface area (Å²) in [5, 5.41) is 0. The Labute approximate surface area is 173 Å². The van der Waals surface area contributed by atoms with Crippen molar-refractivity contribution in [1.82, 2.24) is 0 Å². The predicted octanol–water partition coefficient (Wildman–Crippen LogP) is 7.81. The molecule has 0 aromatic rings. The minimum Gasteiger partial charge on any atom is -0.211 e. The van der Waals surface area contributed by atoms with Gasteiger partial charge in [0.25, 0.3) is 0 Å². The van der Waals surface area contributed by atoms with E-state index >= 15 is 0 Å². The lowest BCUT2D eigenvalue weighted by Gasteiger charge is -2.04. The fraction of sp³-hybridized carbons (Fsp3) is 0.917. The summed E-state index contributed by atoms with van der Waals surface area (Å²) in [4.78, 5) is 27.4. The van der Waals surface area contributed by atoms with E-state index in [1.165, 1.54) is 121 Å². The molecular weight excluding hydrogens is 348 g/mol. The van der Waals surface area contributed by atoms with Crippen molar-refractivity contribution in [3.63, 3.8) is 0 Å². The van der Waals surface area contributed by atoms with Crippen LogP contribution in [0.15, 0.2) is 9.98 Å². The first-order valence-electron chi connectivity index (χ1n) is 12.0. The van der Waals surface area contributed by atoms with Gasteiger partial charge >= 0.3 is 0 Å². The number of hydrogen-bond donors (Lipinski definition) is 0. The molecule has 0 amide bonds. The minimum atomic E-state index is -0.569. The monoisotopic (exact) mass is 392 g/mol. The molecule has 0 rings (SSSR count). The zero-order valence-corrected chi connectivity index (χ0v) is 18.4. The molecule has 0 N–H and O–H groups in total. The van der Waals surface area contributed by atoms with Crippen molar-refractivity contribution in [3.8, 4) is 0 Å². The van der Waals surface area contributed by atoms with Crippen LogP contribution in [0.5, 0.6) is 0 Å². The Kier molecular flexibility index (Phi) is 22.7. The topological polar surface area (TPSA) is 58.9 Å². The molecule has 0 radical (unpaired) electrons. The van der Waals surface area contributed by atoms with E-state index in [4.69, 9.17) is 0 Å². The summed E-state index contributed by atoms with van der Waals surface area (Å²) >= 11 is 0. The average molecular weight is 393 g/mol. The summed E-state index contributed by atoms with van der Waals surface area (Å²) in [5.41, 5.74) is 0. The quantitative estimate of drug-likeness (QED) is 0.107. The van der Waals surface area contributed by atoms with E-state index in [-0.39, 0.29) is 0 Å². The van der Waals surface area contributed by atoms with E-state index < -0.39 is 6.17 Å². The SMILES string of the molecule is CCCCCCCCCCCCCCCCCCCCCC(N=C=O)N=C=O. The lowest BCUT2D eigenvalue weighted by molar-refractivity contribution is 0.509. The number of carbonyl (C=O) groups excluding carboxylic acids is 2. The second-order valence-electron chi connectivity index (χ2n) is 8.07. The molecule has 4 heteroatoms. The van der Waals surface area contributed by atoms with Gasteiger partial charge in [-0.1, -0.05) is 122 Å². The van der Waals surface area contributed by atoms with Crippen LogP contribution in [-0.4, -0.2) is 18.3 Å². The van der Waals surface area contributed by atoms with Crippen LogP contribution in [-0.2, 0) is 9.59 Å². The second-order valence-corrected chi connectivity index (χ2v) is 8.07. The zero-order chi connectivity index (χ0) is 20.5. The van der Waals surface area contributed by atoms with Gasteiger partial charge in [-0.25, -0.2) is 9.59 Å². The molecule has 0 saturated carbocycles. The van der Waals surface area contributed by atoms with Crippen LogP contribution in [0.25, 0.3) is 0 Å². The summed E-state index contributed by atoms with van der Waals surface area (Å²) < 4.78 is 0. The van der Waals surface area contributed by atoms with Gasteiger partial charge in [0.15, 0.2) is 6.17 Å². The second kappa shape index (κ2) is 23.8. The Morgan fingerprint density at radius 2 is 0.786 bits per heavy atom. The van der Waals surface area contributed by atoms with Gasteiger partial charge in [-0.05, 0) is 12.8 Å². The van der Waals surface area contributed by atoms with Gasteiger partial charge in [0.05, 0.1) is 0 Å². The predicted molar refractivity (Wildman–Crippen MR) is 118 cm³/mol. The third kappa shape index (κ3) is 21.1. The van der Waals surface area contributed by atoms with E-state index in [0.717, 1.165) is 12.8 Å². The molecule has 0 spiro atoms. The number of isocyanates is 2. The number of aliphatic imine (C=N–C) groups is 2. The van der Waals surface area contributed by atoms with Crippen LogP contribution in [0.2, 0.25) is 0 Å². The highest BCUT2D eigenvalue weighted by Gasteiger charge is 2.03. The summed E-state index contributed by atoms with van der Waals surface area (Å²) in [6.07, 6.45) is 28.6. The third-order valence-electron chi connectivity index (χ3n) is 5.47. The Balaban J connectivity index is 3.17. The standard InChI is InChI=1S/C24H44N2O2/c1-2-3-4-5-6-7-8-9-10-11-12-13-14-15-16-17-18-19-20-21-24(25-22-27)26-23-28/h24H,2-21H2,1H3. The molecular formula is C24H44N2O2. The molecule has 0 aliphatic rings. The van der Waals surface area contributed by atoms with Gasteiger partial charge in [0, 0.05) is 0 Å². The maximum atomic E-state index is 10.2. The van der Waals surface area contributed by atoms with Crippen LogP contribution in [0.4, 0.5) is 0 Å². The first-order chi connectivity index (χ1) is 13.8. The van der Waals surface area contributed by atoms with Crippen LogP contribution in [0.3, 0.4) is 0 Å². The Hall–Kier alpha value is -1.24. The molecule has 0 fully saturated rings. The van der Waals surface area contributed by atoms with Crippen LogP contribution < -0.4 is 0 Å². The van der Waals surface area contributed by atoms with Crippen molar-refractivity contribution >= 4 is 12.2 Å². The van der Waals surface area contributed by atoms with E-state index in [0.29, 0.717) is 6.42 Å². The van der Waals surface area contributed by atoms with Gasteiger partial charge in [-0.15, -0.1) is 0 Å². The minimum absolute atomic E-state index is 0.569. The highest BCUT2D eigenvalue weighted by atomic mass is 16.1. The van der Waals surface area contributed by atoms with Gasteiger partial charge in [0.2, 0.25) is 12.2 Å². The first kappa shape index (κ1) is 26.8. The number of rotatable bonds is 22. The van der Waals surface area contributed by atoms with E-state index in [1.807, 2.05) is 0 Å². The van der Waals surface area contributed by atoms with Crippen LogP contribution in [0.1, 0.15) is 135 Å². The lowest BCUT2D eigenvalue weighted by atomic mass is 10.0. The highest BCUT2D eigenvalue weighted by Crippen LogP contribution is 2.15. The van der Waals surface area contributed by atoms with Crippen molar-refractivity contribution in [2.75, 3.05) is 0 Å². The largest absolute Gasteiger partial charge is 0.237 e. The third-order valence-corrected chi connectivity index (χ3v) is 5.47. The summed E-state index contributed by atoms with van der Waals surface area (Å²) in [7, 11) is 0. The maximum Gasteiger partial charge on any atom is 0.237 e. The summed E-state index contributed by atoms with van der Waals surface area (Å²) in [6.45, 7) is 2.28. The molecule has 28 heavy (non-hydrogen) atoms. The Morgan fingerprint density at radius 1 is 0.500 bits per heavy atom. The van der Waals surface area contributed by atoms with Crippen molar-refractivity contribution in [2.24, 2.45) is 9.98 Å². The molecule has 0 aromatic heterocycles. The highest BCUT2D eigenvalue weighted by molar-refractivity contribution is 5.36. The molecule has 0 aromatic carbocycles. The molecule has 0 saturated heterocycles. The van der Waals surface area contributed by atoms with Crippen LogP contribution >= 0.6 is 0 Å². The molecule has 0 heterocycles.